The summed E-state index contributed by atoms with van der Waals surface area (Å²) in [6, 6.07) is 17.8. The summed E-state index contributed by atoms with van der Waals surface area (Å²) in [5.41, 5.74) is 1.43. The van der Waals surface area contributed by atoms with Gasteiger partial charge in [0.2, 0.25) is 0 Å². The van der Waals surface area contributed by atoms with E-state index < -0.39 is 0 Å². The van der Waals surface area contributed by atoms with Crippen molar-refractivity contribution in [3.8, 4) is 0 Å². The van der Waals surface area contributed by atoms with E-state index in [9.17, 15) is 0 Å². The number of aryl methyl sites for hydroxylation is 1. The number of halogens is 4. The normalized spacial score (nSPS) is 8.65. The smallest absolute Gasteiger partial charge is 0.000442 e. The Balaban J connectivity index is 0. The standard InChI is InChI=1S/C10H7Cl2.C5H5.C2H6Si.2ClH.Zr/c1-6-2-7-4-8(11)5-10(12)9(7)3-6;1-2-4-5-3-1;1-3-2;;;/h2-5H,1H3;1-5H;1-2H3;2*1H;/q2*-1;;;;+2/p-2. The van der Waals surface area contributed by atoms with Crippen LogP contribution in [0.2, 0.25) is 23.1 Å². The molecule has 23 heavy (non-hydrogen) atoms. The molecular formula is C17H18Cl4SiZr-2. The van der Waals surface area contributed by atoms with Crippen LogP contribution in [0.1, 0.15) is 5.56 Å². The van der Waals surface area contributed by atoms with Gasteiger partial charge in [-0.1, -0.05) is 30.1 Å². The molecule has 0 aromatic heterocycles. The largest absolute Gasteiger partial charge is 1.00 e. The predicted octanol–water partition coefficient (Wildman–Crippen LogP) is 0.372. The summed E-state index contributed by atoms with van der Waals surface area (Å²) in [5, 5.41) is 3.62. The van der Waals surface area contributed by atoms with Gasteiger partial charge in [-0.3, -0.25) is 0 Å². The Morgan fingerprint density at radius 2 is 1.52 bits per heavy atom. The third-order valence-electron chi connectivity index (χ3n) is 2.44. The van der Waals surface area contributed by atoms with Gasteiger partial charge in [0.05, 0.1) is 0 Å². The Hall–Kier alpha value is 0.440. The number of benzene rings is 1. The summed E-state index contributed by atoms with van der Waals surface area (Å²) in [6.45, 7) is 6.66. The molecule has 3 rings (SSSR count). The van der Waals surface area contributed by atoms with E-state index in [2.05, 4.69) is 25.2 Å². The van der Waals surface area contributed by atoms with Gasteiger partial charge in [-0.2, -0.15) is 24.3 Å². The Bertz CT molecular complexity index is 669. The van der Waals surface area contributed by atoms with Crippen molar-refractivity contribution in [2.45, 2.75) is 20.0 Å². The van der Waals surface area contributed by atoms with E-state index >= 15 is 0 Å². The zero-order valence-electron chi connectivity index (χ0n) is 13.2. The first-order chi connectivity index (χ1) is 9.90. The predicted molar refractivity (Wildman–Crippen MR) is 93.8 cm³/mol. The van der Waals surface area contributed by atoms with E-state index in [1.165, 1.54) is 5.56 Å². The third kappa shape index (κ3) is 10.8. The van der Waals surface area contributed by atoms with Crippen LogP contribution in [0.25, 0.3) is 10.8 Å². The molecule has 0 bridgehead atoms. The zero-order chi connectivity index (χ0) is 15.8. The van der Waals surface area contributed by atoms with Gasteiger partial charge >= 0.3 is 41.9 Å². The van der Waals surface area contributed by atoms with Crippen molar-refractivity contribution in [2.75, 3.05) is 0 Å². The zero-order valence-corrected chi connectivity index (χ0v) is 19.7. The summed E-state index contributed by atoms with van der Waals surface area (Å²) >= 11 is 13.6. The van der Waals surface area contributed by atoms with Crippen molar-refractivity contribution >= 4 is 39.4 Å². The van der Waals surface area contributed by atoms with Crippen LogP contribution in [-0.4, -0.2) is 5.43 Å². The van der Waals surface area contributed by atoms with Crippen molar-refractivity contribution in [3.05, 3.63) is 70.2 Å². The van der Waals surface area contributed by atoms with E-state index in [-0.39, 0.29) is 30.2 Å². The Labute approximate surface area is 176 Å². The molecule has 0 atom stereocenters. The van der Waals surface area contributed by atoms with Crippen molar-refractivity contribution in [2.24, 2.45) is 0 Å². The molecule has 0 nitrogen and oxygen atoms in total. The maximum atomic E-state index is 5.99. The molecule has 124 valence electrons. The summed E-state index contributed by atoms with van der Waals surface area (Å²) < 4.78 is 0. The average molecular weight is 483 g/mol. The average Bonchev–Trinajstić information content (AvgIpc) is 2.99. The van der Waals surface area contributed by atoms with Gasteiger partial charge in [0.15, 0.2) is 0 Å². The molecule has 6 heteroatoms. The quantitative estimate of drug-likeness (QED) is 0.321. The monoisotopic (exact) mass is 480 g/mol. The molecule has 0 radical (unpaired) electrons. The fourth-order valence-corrected chi connectivity index (χ4v) is 2.28. The summed E-state index contributed by atoms with van der Waals surface area (Å²) in [4.78, 5) is 0. The van der Waals surface area contributed by atoms with Crippen molar-refractivity contribution in [1.29, 1.82) is 0 Å². The molecule has 0 aliphatic carbocycles. The molecule has 0 N–H and O–H groups in total. The fourth-order valence-electron chi connectivity index (χ4n) is 1.71. The van der Waals surface area contributed by atoms with Gasteiger partial charge in [0.1, 0.15) is 0 Å². The maximum Gasteiger partial charge on any atom is 0.000442 e. The topological polar surface area (TPSA) is 0 Å². The molecular weight excluding hydrogens is 465 g/mol. The van der Waals surface area contributed by atoms with Gasteiger partial charge in [0, 0.05) is 5.02 Å². The maximum absolute atomic E-state index is 5.99. The van der Waals surface area contributed by atoms with Crippen LogP contribution < -0.4 is 24.8 Å². The molecule has 0 aliphatic heterocycles. The van der Waals surface area contributed by atoms with Crippen LogP contribution in [-0.2, 0) is 23.3 Å². The number of fused-ring (bicyclic) bond motifs is 1. The molecule has 0 saturated heterocycles. The SMILES string of the molecule is C[Si](C)=[Zr+2].Cc1cc2c(Cl)cc(Cl)cc2[cH-]1.[Cl-].[Cl-].c1cc[cH-]c1. The Kier molecular flexibility index (Phi) is 15.3. The van der Waals surface area contributed by atoms with Crippen LogP contribution in [0.15, 0.2) is 54.6 Å². The van der Waals surface area contributed by atoms with Crippen molar-refractivity contribution in [1.82, 2.24) is 0 Å². The van der Waals surface area contributed by atoms with Gasteiger partial charge in [-0.15, -0.1) is 28.5 Å². The van der Waals surface area contributed by atoms with Gasteiger partial charge < -0.3 is 24.8 Å². The molecule has 0 amide bonds. The second-order valence-electron chi connectivity index (χ2n) is 4.89. The first kappa shape index (κ1) is 25.7. The van der Waals surface area contributed by atoms with Gasteiger partial charge in [0.25, 0.3) is 0 Å². The van der Waals surface area contributed by atoms with E-state index in [1.807, 2.05) is 43.3 Å². The molecule has 0 spiro atoms. The molecule has 3 aromatic carbocycles. The van der Waals surface area contributed by atoms with Crippen LogP contribution in [0.3, 0.4) is 0 Å². The number of hydrogen-bond donors (Lipinski definition) is 0. The minimum atomic E-state index is 0. The molecule has 0 unspecified atom stereocenters. The molecule has 0 heterocycles. The van der Waals surface area contributed by atoms with E-state index in [0.717, 1.165) is 15.8 Å². The first-order valence-electron chi connectivity index (χ1n) is 6.60. The number of hydrogen-bond acceptors (Lipinski definition) is 0. The van der Waals surface area contributed by atoms with Crippen LogP contribution in [0.4, 0.5) is 0 Å². The van der Waals surface area contributed by atoms with Crippen LogP contribution in [0, 0.1) is 6.92 Å². The van der Waals surface area contributed by atoms with Crippen LogP contribution >= 0.6 is 23.2 Å². The van der Waals surface area contributed by atoms with Gasteiger partial charge in [-0.25, -0.2) is 12.1 Å². The van der Waals surface area contributed by atoms with E-state index in [4.69, 9.17) is 23.2 Å². The fraction of sp³-hybridized carbons (Fsp3) is 0.176. The Morgan fingerprint density at radius 1 is 1.00 bits per heavy atom. The molecule has 0 saturated carbocycles. The van der Waals surface area contributed by atoms with Crippen molar-refractivity contribution in [3.63, 3.8) is 0 Å². The summed E-state index contributed by atoms with van der Waals surface area (Å²) in [7, 11) is 0. The van der Waals surface area contributed by atoms with Crippen LogP contribution in [0.5, 0.6) is 0 Å². The summed E-state index contributed by atoms with van der Waals surface area (Å²) in [5.74, 6) is 0. The molecule has 3 aromatic rings. The third-order valence-corrected chi connectivity index (χ3v) is 2.97. The first-order valence-corrected chi connectivity index (χ1v) is 13.5. The Morgan fingerprint density at radius 3 is 1.96 bits per heavy atom. The second-order valence-corrected chi connectivity index (χ2v) is 15.1. The molecule has 0 aliphatic rings. The van der Waals surface area contributed by atoms with Crippen molar-refractivity contribution < 1.29 is 48.1 Å². The second kappa shape index (κ2) is 13.7. The minimum absolute atomic E-state index is 0. The minimum Gasteiger partial charge on any atom is -1.00 e. The molecule has 0 fully saturated rings. The summed E-state index contributed by atoms with van der Waals surface area (Å²) in [6.07, 6.45) is 0. The number of rotatable bonds is 0. The van der Waals surface area contributed by atoms with E-state index in [1.54, 1.807) is 29.4 Å². The van der Waals surface area contributed by atoms with Gasteiger partial charge in [-0.05, 0) is 11.1 Å². The van der Waals surface area contributed by atoms with E-state index in [0.29, 0.717) is 5.02 Å².